The largest absolute Gasteiger partial charge is 0.497 e. The monoisotopic (exact) mass is 481 g/mol. The molecule has 0 fully saturated rings. The van der Waals surface area contributed by atoms with Crippen molar-refractivity contribution in [3.63, 3.8) is 0 Å². The molecule has 7 nitrogen and oxygen atoms in total. The van der Waals surface area contributed by atoms with Gasteiger partial charge in [0.1, 0.15) is 11.5 Å². The number of carbonyl (C=O) groups excluding carboxylic acids is 3. The minimum Gasteiger partial charge on any atom is -0.497 e. The maximum atomic E-state index is 12.9. The van der Waals surface area contributed by atoms with Gasteiger partial charge in [0.25, 0.3) is 5.91 Å². The molecule has 8 heteroatoms. The summed E-state index contributed by atoms with van der Waals surface area (Å²) in [6.07, 6.45) is 0. The summed E-state index contributed by atoms with van der Waals surface area (Å²) in [6.45, 7) is 1.26. The Morgan fingerprint density at radius 3 is 2.24 bits per heavy atom. The molecule has 0 bridgehead atoms. The average molecular weight is 482 g/mol. The number of hydrogen-bond acceptors (Lipinski definition) is 6. The van der Waals surface area contributed by atoms with Crippen molar-refractivity contribution in [2.75, 3.05) is 20.8 Å². The predicted molar refractivity (Wildman–Crippen MR) is 128 cm³/mol. The highest BCUT2D eigenvalue weighted by atomic mass is 35.5. The molecule has 3 rings (SSSR count). The number of carbonyl (C=O) groups is 3. The van der Waals surface area contributed by atoms with Crippen molar-refractivity contribution < 1.29 is 28.6 Å². The van der Waals surface area contributed by atoms with Gasteiger partial charge in [-0.3, -0.25) is 9.59 Å². The van der Waals surface area contributed by atoms with E-state index in [1.165, 1.54) is 19.2 Å². The highest BCUT2D eigenvalue weighted by Gasteiger charge is 2.21. The normalized spacial score (nSPS) is 11.3. The number of benzene rings is 3. The molecule has 34 heavy (non-hydrogen) atoms. The minimum atomic E-state index is -0.778. The van der Waals surface area contributed by atoms with Crippen LogP contribution in [0.4, 0.5) is 0 Å². The third kappa shape index (κ3) is 5.94. The molecule has 1 amide bonds. The van der Waals surface area contributed by atoms with Crippen LogP contribution < -0.4 is 14.8 Å². The SMILES string of the molecule is COc1ccc(OC)c(C(C)NC(=O)COC(=O)c2ccccc2C(=O)c2ccc(Cl)cc2)c1. The molecule has 3 aromatic rings. The second kappa shape index (κ2) is 11.3. The van der Waals surface area contributed by atoms with E-state index in [1.54, 1.807) is 68.6 Å². The number of esters is 1. The van der Waals surface area contributed by atoms with Gasteiger partial charge < -0.3 is 19.5 Å². The van der Waals surface area contributed by atoms with Gasteiger partial charge in [0.15, 0.2) is 12.4 Å². The zero-order valence-corrected chi connectivity index (χ0v) is 19.7. The van der Waals surface area contributed by atoms with E-state index in [9.17, 15) is 14.4 Å². The Bertz CT molecular complexity index is 1190. The summed E-state index contributed by atoms with van der Waals surface area (Å²) in [6, 6.07) is 17.4. The van der Waals surface area contributed by atoms with E-state index >= 15 is 0 Å². The highest BCUT2D eigenvalue weighted by Crippen LogP contribution is 2.29. The second-order valence-corrected chi connectivity index (χ2v) is 7.79. The Kier molecular flexibility index (Phi) is 8.27. The Balaban J connectivity index is 1.67. The van der Waals surface area contributed by atoms with Gasteiger partial charge >= 0.3 is 5.97 Å². The van der Waals surface area contributed by atoms with Crippen LogP contribution >= 0.6 is 11.6 Å². The first kappa shape index (κ1) is 24.8. The van der Waals surface area contributed by atoms with Crippen LogP contribution in [0.15, 0.2) is 66.7 Å². The molecular formula is C26H24ClNO6. The number of hydrogen-bond donors (Lipinski definition) is 1. The van der Waals surface area contributed by atoms with Crippen LogP contribution in [0.5, 0.6) is 11.5 Å². The standard InChI is InChI=1S/C26H24ClNO6/c1-16(22-14-19(32-2)12-13-23(22)33-3)28-24(29)15-34-26(31)21-7-5-4-6-20(21)25(30)17-8-10-18(27)11-9-17/h4-14,16H,15H2,1-3H3,(H,28,29). The number of ether oxygens (including phenoxy) is 3. The molecule has 0 radical (unpaired) electrons. The van der Waals surface area contributed by atoms with Crippen LogP contribution in [-0.2, 0) is 9.53 Å². The maximum Gasteiger partial charge on any atom is 0.339 e. The molecule has 0 saturated carbocycles. The average Bonchev–Trinajstić information content (AvgIpc) is 2.86. The summed E-state index contributed by atoms with van der Waals surface area (Å²) in [5, 5.41) is 3.26. The first-order valence-electron chi connectivity index (χ1n) is 10.4. The lowest BCUT2D eigenvalue weighted by molar-refractivity contribution is -0.124. The summed E-state index contributed by atoms with van der Waals surface area (Å²) in [5.74, 6) is -0.440. The van der Waals surface area contributed by atoms with Crippen LogP contribution in [0, 0.1) is 0 Å². The van der Waals surface area contributed by atoms with Gasteiger partial charge in [0, 0.05) is 21.7 Å². The van der Waals surface area contributed by atoms with Crippen molar-refractivity contribution in [3.05, 3.63) is 94.0 Å². The number of ketones is 1. The van der Waals surface area contributed by atoms with Crippen molar-refractivity contribution in [2.45, 2.75) is 13.0 Å². The van der Waals surface area contributed by atoms with E-state index in [2.05, 4.69) is 5.32 Å². The minimum absolute atomic E-state index is 0.0674. The molecule has 1 N–H and O–H groups in total. The Morgan fingerprint density at radius 1 is 0.912 bits per heavy atom. The van der Waals surface area contributed by atoms with E-state index in [4.69, 9.17) is 25.8 Å². The number of nitrogens with one attached hydrogen (secondary N) is 1. The lowest BCUT2D eigenvalue weighted by Crippen LogP contribution is -2.31. The summed E-state index contributed by atoms with van der Waals surface area (Å²) >= 11 is 5.89. The van der Waals surface area contributed by atoms with Crippen molar-refractivity contribution in [1.82, 2.24) is 5.32 Å². The molecule has 3 aromatic carbocycles. The van der Waals surface area contributed by atoms with Crippen molar-refractivity contribution in [2.24, 2.45) is 0 Å². The molecule has 0 aliphatic rings. The van der Waals surface area contributed by atoms with Crippen LogP contribution in [0.2, 0.25) is 5.02 Å². The molecule has 1 unspecified atom stereocenters. The summed E-state index contributed by atoms with van der Waals surface area (Å²) in [7, 11) is 3.08. The third-order valence-corrected chi connectivity index (χ3v) is 5.37. The van der Waals surface area contributed by atoms with Crippen LogP contribution in [0.25, 0.3) is 0 Å². The summed E-state index contributed by atoms with van der Waals surface area (Å²) in [5.41, 5.74) is 1.33. The molecule has 0 aromatic heterocycles. The molecule has 1 atom stereocenters. The molecule has 0 spiro atoms. The van der Waals surface area contributed by atoms with Gasteiger partial charge in [0.2, 0.25) is 0 Å². The molecule has 0 saturated heterocycles. The molecule has 0 aliphatic carbocycles. The van der Waals surface area contributed by atoms with Gasteiger partial charge in [-0.2, -0.15) is 0 Å². The number of methoxy groups -OCH3 is 2. The van der Waals surface area contributed by atoms with E-state index in [0.717, 1.165) is 0 Å². The Hall–Kier alpha value is -3.84. The smallest absolute Gasteiger partial charge is 0.339 e. The van der Waals surface area contributed by atoms with E-state index in [1.807, 2.05) is 0 Å². The molecular weight excluding hydrogens is 458 g/mol. The quantitative estimate of drug-likeness (QED) is 0.354. The zero-order valence-electron chi connectivity index (χ0n) is 19.0. The number of amides is 1. The van der Waals surface area contributed by atoms with Gasteiger partial charge in [-0.1, -0.05) is 29.8 Å². The first-order valence-corrected chi connectivity index (χ1v) is 10.8. The molecule has 0 heterocycles. The van der Waals surface area contributed by atoms with Crippen LogP contribution in [0.3, 0.4) is 0 Å². The number of rotatable bonds is 9. The summed E-state index contributed by atoms with van der Waals surface area (Å²) in [4.78, 5) is 38.0. The second-order valence-electron chi connectivity index (χ2n) is 7.35. The fraction of sp³-hybridized carbons (Fsp3) is 0.192. The summed E-state index contributed by atoms with van der Waals surface area (Å²) < 4.78 is 15.8. The van der Waals surface area contributed by atoms with Gasteiger partial charge in [-0.05, 0) is 55.5 Å². The highest BCUT2D eigenvalue weighted by molar-refractivity contribution is 6.30. The predicted octanol–water partition coefficient (Wildman–Crippen LogP) is 4.62. The first-order chi connectivity index (χ1) is 16.3. The van der Waals surface area contributed by atoms with Gasteiger partial charge in [-0.15, -0.1) is 0 Å². The Labute approximate surface area is 202 Å². The number of halogens is 1. The lowest BCUT2D eigenvalue weighted by atomic mass is 9.98. The molecule has 0 aliphatic heterocycles. The van der Waals surface area contributed by atoms with Crippen LogP contribution in [0.1, 0.15) is 44.8 Å². The van der Waals surface area contributed by atoms with Gasteiger partial charge in [-0.25, -0.2) is 4.79 Å². The fourth-order valence-electron chi connectivity index (χ4n) is 3.36. The fourth-order valence-corrected chi connectivity index (χ4v) is 3.49. The van der Waals surface area contributed by atoms with E-state index in [-0.39, 0.29) is 16.9 Å². The van der Waals surface area contributed by atoms with E-state index < -0.39 is 24.5 Å². The van der Waals surface area contributed by atoms with E-state index in [0.29, 0.717) is 27.6 Å². The molecule has 176 valence electrons. The Morgan fingerprint density at radius 2 is 1.59 bits per heavy atom. The van der Waals surface area contributed by atoms with Crippen LogP contribution in [-0.4, -0.2) is 38.5 Å². The zero-order chi connectivity index (χ0) is 24.7. The lowest BCUT2D eigenvalue weighted by Gasteiger charge is -2.18. The van der Waals surface area contributed by atoms with Crippen molar-refractivity contribution in [3.8, 4) is 11.5 Å². The topological polar surface area (TPSA) is 90.9 Å². The van der Waals surface area contributed by atoms with Crippen molar-refractivity contribution in [1.29, 1.82) is 0 Å². The third-order valence-electron chi connectivity index (χ3n) is 5.11. The van der Waals surface area contributed by atoms with Gasteiger partial charge in [0.05, 0.1) is 25.8 Å². The maximum absolute atomic E-state index is 12.9. The van der Waals surface area contributed by atoms with Crippen molar-refractivity contribution >= 4 is 29.3 Å².